The van der Waals surface area contributed by atoms with Crippen LogP contribution in [0, 0.1) is 0 Å². The van der Waals surface area contributed by atoms with Crippen LogP contribution in [0.5, 0.6) is 0 Å². The van der Waals surface area contributed by atoms with Crippen LogP contribution in [-0.4, -0.2) is 48.5 Å². The summed E-state index contributed by atoms with van der Waals surface area (Å²) in [5.74, 6) is -0.256. The summed E-state index contributed by atoms with van der Waals surface area (Å²) in [4.78, 5) is 15.0. The van der Waals surface area contributed by atoms with Crippen molar-refractivity contribution >= 4 is 26.8 Å². The molecule has 0 saturated carbocycles. The number of allylic oxidation sites excluding steroid dienone is 3. The van der Waals surface area contributed by atoms with Crippen LogP contribution in [0.25, 0.3) is 22.0 Å². The van der Waals surface area contributed by atoms with Crippen LogP contribution in [0.2, 0.25) is 0 Å². The van der Waals surface area contributed by atoms with Crippen LogP contribution in [-0.2, 0) is 10.0 Å². The van der Waals surface area contributed by atoms with E-state index in [1.807, 2.05) is 54.6 Å². The molecule has 1 amide bonds. The monoisotopic (exact) mass is 527 g/mol. The maximum absolute atomic E-state index is 13.6. The molecule has 1 atom stereocenters. The summed E-state index contributed by atoms with van der Waals surface area (Å²) in [7, 11) is -3.90. The second-order valence-corrected chi connectivity index (χ2v) is 11.4. The molecule has 0 spiro atoms. The van der Waals surface area contributed by atoms with E-state index < -0.39 is 16.2 Å². The number of para-hydroxylation sites is 1. The van der Waals surface area contributed by atoms with Gasteiger partial charge in [0.05, 0.1) is 16.5 Å². The van der Waals surface area contributed by atoms with Gasteiger partial charge in [-0.1, -0.05) is 54.6 Å². The SMILES string of the molecule is O=C(NC1CN(C2=CCC(F)C=C2)C1)c1ccc(S(=O)(=O)n2cc(-c3ccccc3)c3ccccc32)cc1. The Labute approximate surface area is 220 Å². The van der Waals surface area contributed by atoms with Gasteiger partial charge in [0.2, 0.25) is 0 Å². The van der Waals surface area contributed by atoms with Gasteiger partial charge in [0.15, 0.2) is 0 Å². The number of halogens is 1. The molecule has 1 aromatic heterocycles. The number of nitrogens with zero attached hydrogens (tertiary/aromatic N) is 2. The highest BCUT2D eigenvalue weighted by Crippen LogP contribution is 2.33. The van der Waals surface area contributed by atoms with Gasteiger partial charge in [0.1, 0.15) is 6.17 Å². The molecule has 4 aromatic rings. The van der Waals surface area contributed by atoms with Gasteiger partial charge < -0.3 is 10.2 Å². The van der Waals surface area contributed by atoms with Gasteiger partial charge in [-0.15, -0.1) is 0 Å². The summed E-state index contributed by atoms with van der Waals surface area (Å²) in [6.07, 6.45) is 6.31. The molecule has 8 heteroatoms. The van der Waals surface area contributed by atoms with Crippen molar-refractivity contribution in [1.29, 1.82) is 0 Å². The minimum absolute atomic E-state index is 0.0223. The van der Waals surface area contributed by atoms with Gasteiger partial charge in [-0.2, -0.15) is 0 Å². The first-order valence-corrected chi connectivity index (χ1v) is 13.9. The molecule has 1 aliphatic heterocycles. The molecule has 6 rings (SSSR count). The van der Waals surface area contributed by atoms with Gasteiger partial charge >= 0.3 is 0 Å². The molecule has 2 heterocycles. The van der Waals surface area contributed by atoms with E-state index >= 15 is 0 Å². The fourth-order valence-corrected chi connectivity index (χ4v) is 6.32. The number of carbonyl (C=O) groups excluding carboxylic acids is 1. The zero-order valence-electron chi connectivity index (χ0n) is 20.5. The lowest BCUT2D eigenvalue weighted by Gasteiger charge is -2.42. The van der Waals surface area contributed by atoms with Crippen molar-refractivity contribution in [2.75, 3.05) is 13.1 Å². The molecule has 1 fully saturated rings. The maximum atomic E-state index is 13.6. The van der Waals surface area contributed by atoms with Gasteiger partial charge in [0.25, 0.3) is 15.9 Å². The Bertz CT molecular complexity index is 1670. The number of benzene rings is 3. The Morgan fingerprint density at radius 2 is 1.63 bits per heavy atom. The average molecular weight is 528 g/mol. The van der Waals surface area contributed by atoms with Crippen molar-refractivity contribution in [2.45, 2.75) is 23.5 Å². The third-order valence-electron chi connectivity index (χ3n) is 7.05. The molecule has 1 unspecified atom stereocenters. The molecule has 0 bridgehead atoms. The number of hydrogen-bond donors (Lipinski definition) is 1. The predicted molar refractivity (Wildman–Crippen MR) is 146 cm³/mol. The van der Waals surface area contributed by atoms with Crippen molar-refractivity contribution in [3.8, 4) is 11.1 Å². The number of carbonyl (C=O) groups is 1. The Balaban J connectivity index is 1.19. The van der Waals surface area contributed by atoms with E-state index in [4.69, 9.17) is 0 Å². The molecule has 1 aliphatic carbocycles. The highest BCUT2D eigenvalue weighted by Gasteiger charge is 2.30. The first-order chi connectivity index (χ1) is 18.4. The summed E-state index contributed by atoms with van der Waals surface area (Å²) in [6.45, 7) is 1.30. The summed E-state index contributed by atoms with van der Waals surface area (Å²) >= 11 is 0. The minimum Gasteiger partial charge on any atom is -0.368 e. The number of alkyl halides is 1. The molecule has 192 valence electrons. The van der Waals surface area contributed by atoms with Gasteiger partial charge in [-0.25, -0.2) is 16.8 Å². The van der Waals surface area contributed by atoms with E-state index in [0.717, 1.165) is 22.2 Å². The van der Waals surface area contributed by atoms with E-state index in [-0.39, 0.29) is 16.8 Å². The molecular formula is C30H26FN3O3S. The number of nitrogens with one attached hydrogen (secondary N) is 1. The van der Waals surface area contributed by atoms with Crippen LogP contribution in [0.3, 0.4) is 0 Å². The number of aromatic nitrogens is 1. The molecule has 1 saturated heterocycles. The van der Waals surface area contributed by atoms with Crippen molar-refractivity contribution in [2.24, 2.45) is 0 Å². The molecule has 0 radical (unpaired) electrons. The number of fused-ring (bicyclic) bond motifs is 1. The average Bonchev–Trinajstić information content (AvgIpc) is 3.32. The third-order valence-corrected chi connectivity index (χ3v) is 8.73. The summed E-state index contributed by atoms with van der Waals surface area (Å²) in [6, 6.07) is 23.1. The molecule has 6 nitrogen and oxygen atoms in total. The summed E-state index contributed by atoms with van der Waals surface area (Å²) in [5, 5.41) is 3.83. The topological polar surface area (TPSA) is 71.4 Å². The van der Waals surface area contributed by atoms with Crippen molar-refractivity contribution < 1.29 is 17.6 Å². The normalized spacial score (nSPS) is 17.8. The van der Waals surface area contributed by atoms with Crippen LogP contribution in [0.15, 0.2) is 114 Å². The zero-order chi connectivity index (χ0) is 26.3. The lowest BCUT2D eigenvalue weighted by Crippen LogP contribution is -2.58. The molecule has 2 aliphatic rings. The fourth-order valence-electron chi connectivity index (χ4n) is 4.96. The smallest absolute Gasteiger partial charge is 0.268 e. The molecular weight excluding hydrogens is 501 g/mol. The highest BCUT2D eigenvalue weighted by molar-refractivity contribution is 7.90. The first kappa shape index (κ1) is 24.2. The van der Waals surface area contributed by atoms with E-state index in [9.17, 15) is 17.6 Å². The van der Waals surface area contributed by atoms with E-state index in [0.29, 0.717) is 30.6 Å². The van der Waals surface area contributed by atoms with Crippen LogP contribution in [0.4, 0.5) is 4.39 Å². The van der Waals surface area contributed by atoms with Gasteiger partial charge in [0, 0.05) is 47.9 Å². The Kier molecular flexibility index (Phi) is 6.12. The third kappa shape index (κ3) is 4.41. The van der Waals surface area contributed by atoms with Crippen LogP contribution < -0.4 is 5.32 Å². The quantitative estimate of drug-likeness (QED) is 0.377. The van der Waals surface area contributed by atoms with Crippen molar-refractivity contribution in [3.05, 3.63) is 115 Å². The Morgan fingerprint density at radius 1 is 0.921 bits per heavy atom. The minimum atomic E-state index is -3.90. The van der Waals surface area contributed by atoms with E-state index in [1.54, 1.807) is 24.4 Å². The first-order valence-electron chi connectivity index (χ1n) is 12.5. The standard InChI is InChI=1S/C30H26FN3O3S/c31-23-12-14-25(15-13-23)33-18-24(19-33)32-30(35)22-10-16-26(17-11-22)38(36,37)34-20-28(21-6-2-1-3-7-21)27-8-4-5-9-29(27)34/h1-12,14-17,20,23-24H,13,18-19H2,(H,32,35). The Morgan fingerprint density at radius 3 is 2.34 bits per heavy atom. The number of hydrogen-bond acceptors (Lipinski definition) is 4. The van der Waals surface area contributed by atoms with Crippen molar-refractivity contribution in [3.63, 3.8) is 0 Å². The van der Waals surface area contributed by atoms with E-state index in [1.165, 1.54) is 28.2 Å². The van der Waals surface area contributed by atoms with Gasteiger partial charge in [-0.05, 0) is 48.0 Å². The highest BCUT2D eigenvalue weighted by atomic mass is 32.2. The van der Waals surface area contributed by atoms with Gasteiger partial charge in [-0.3, -0.25) is 4.79 Å². The number of amides is 1. The number of likely N-dealkylation sites (tertiary alicyclic amines) is 1. The summed E-state index contributed by atoms with van der Waals surface area (Å²) in [5.41, 5.74) is 3.72. The second kappa shape index (κ2) is 9.61. The van der Waals surface area contributed by atoms with E-state index in [2.05, 4.69) is 10.2 Å². The largest absolute Gasteiger partial charge is 0.368 e. The maximum Gasteiger partial charge on any atom is 0.268 e. The second-order valence-electron chi connectivity index (χ2n) is 9.57. The van der Waals surface area contributed by atoms with Crippen molar-refractivity contribution in [1.82, 2.24) is 14.2 Å². The number of rotatable bonds is 6. The summed E-state index contributed by atoms with van der Waals surface area (Å²) < 4.78 is 41.9. The fraction of sp³-hybridized carbons (Fsp3) is 0.167. The predicted octanol–water partition coefficient (Wildman–Crippen LogP) is 5.14. The molecule has 38 heavy (non-hydrogen) atoms. The molecule has 1 N–H and O–H groups in total. The Hall–Kier alpha value is -4.17. The zero-order valence-corrected chi connectivity index (χ0v) is 21.3. The molecule has 3 aromatic carbocycles. The lowest BCUT2D eigenvalue weighted by molar-refractivity contribution is 0.0868. The lowest BCUT2D eigenvalue weighted by atomic mass is 10.0. The van der Waals surface area contributed by atoms with Crippen LogP contribution >= 0.6 is 0 Å². The van der Waals surface area contributed by atoms with Crippen LogP contribution in [0.1, 0.15) is 16.8 Å².